The minimum absolute atomic E-state index is 0.0355. The maximum Gasteiger partial charge on any atom is 0.227 e. The zero-order valence-corrected chi connectivity index (χ0v) is 17.8. The van der Waals surface area contributed by atoms with Crippen LogP contribution in [-0.2, 0) is 11.2 Å². The molecule has 8 heteroatoms. The molecule has 1 saturated heterocycles. The molecule has 0 saturated carbocycles. The Labute approximate surface area is 180 Å². The summed E-state index contributed by atoms with van der Waals surface area (Å²) in [7, 11) is 0. The number of aryl methyl sites for hydroxylation is 2. The van der Waals surface area contributed by atoms with Gasteiger partial charge in [0.1, 0.15) is 5.76 Å². The second kappa shape index (κ2) is 8.44. The lowest BCUT2D eigenvalue weighted by molar-refractivity contribution is -0.134. The summed E-state index contributed by atoms with van der Waals surface area (Å²) in [6.45, 7) is 4.37. The van der Waals surface area contributed by atoms with E-state index in [4.69, 9.17) is 21.9 Å². The first-order chi connectivity index (χ1) is 14.4. The van der Waals surface area contributed by atoms with Gasteiger partial charge in [-0.3, -0.25) is 4.79 Å². The van der Waals surface area contributed by atoms with E-state index in [0.717, 1.165) is 47.3 Å². The maximum atomic E-state index is 13.3. The molecule has 0 radical (unpaired) electrons. The molecule has 1 aliphatic rings. The molecular weight excluding hydrogens is 402 g/mol. The molecule has 0 bridgehead atoms. The van der Waals surface area contributed by atoms with Gasteiger partial charge < -0.3 is 15.2 Å². The SMILES string of the molecule is Cc1noc(C)c1CC(=O)N1CCCC[C@H]1c1nc(N)ncc1-c1ccc(Cl)cc1. The van der Waals surface area contributed by atoms with E-state index in [1.807, 2.05) is 43.0 Å². The van der Waals surface area contributed by atoms with Gasteiger partial charge in [-0.25, -0.2) is 9.97 Å². The van der Waals surface area contributed by atoms with Crippen LogP contribution in [0.3, 0.4) is 0 Å². The lowest BCUT2D eigenvalue weighted by atomic mass is 9.93. The van der Waals surface area contributed by atoms with Gasteiger partial charge in [-0.2, -0.15) is 0 Å². The van der Waals surface area contributed by atoms with Crippen molar-refractivity contribution in [3.63, 3.8) is 0 Å². The third-order valence-corrected chi connectivity index (χ3v) is 5.89. The number of piperidine rings is 1. The normalized spacial score (nSPS) is 16.6. The lowest BCUT2D eigenvalue weighted by Gasteiger charge is -2.36. The Hall–Kier alpha value is -2.93. The van der Waals surface area contributed by atoms with Gasteiger partial charge >= 0.3 is 0 Å². The molecule has 30 heavy (non-hydrogen) atoms. The smallest absolute Gasteiger partial charge is 0.227 e. The number of carbonyl (C=O) groups excluding carboxylic acids is 1. The molecule has 7 nitrogen and oxygen atoms in total. The summed E-state index contributed by atoms with van der Waals surface area (Å²) in [4.78, 5) is 24.0. The molecule has 2 N–H and O–H groups in total. The number of amides is 1. The van der Waals surface area contributed by atoms with Crippen molar-refractivity contribution in [2.75, 3.05) is 12.3 Å². The fourth-order valence-corrected chi connectivity index (χ4v) is 4.16. The molecule has 1 atom stereocenters. The first kappa shape index (κ1) is 20.3. The number of rotatable bonds is 4. The molecule has 0 aliphatic carbocycles. The second-order valence-electron chi connectivity index (χ2n) is 7.61. The predicted molar refractivity (Wildman–Crippen MR) is 115 cm³/mol. The summed E-state index contributed by atoms with van der Waals surface area (Å²) in [6.07, 6.45) is 4.79. The molecular formula is C22H24ClN5O2. The number of nitrogens with two attached hydrogens (primary N) is 1. The first-order valence-electron chi connectivity index (χ1n) is 10.0. The highest BCUT2D eigenvalue weighted by Gasteiger charge is 2.32. The van der Waals surface area contributed by atoms with Crippen LogP contribution in [0.1, 0.15) is 48.0 Å². The Kier molecular flexibility index (Phi) is 5.72. The monoisotopic (exact) mass is 425 g/mol. The molecule has 4 rings (SSSR count). The molecule has 3 heterocycles. The molecule has 156 valence electrons. The second-order valence-corrected chi connectivity index (χ2v) is 8.05. The standard InChI is InChI=1S/C22H24ClN5O2/c1-13-17(14(2)30-27-13)11-20(29)28-10-4-3-5-19(28)21-18(12-25-22(24)26-21)15-6-8-16(23)9-7-15/h6-9,12,19H,3-5,10-11H2,1-2H3,(H2,24,25,26)/t19-/m0/s1. The fourth-order valence-electron chi connectivity index (χ4n) is 4.04. The number of hydrogen-bond donors (Lipinski definition) is 1. The molecule has 3 aromatic rings. The quantitative estimate of drug-likeness (QED) is 0.669. The number of likely N-dealkylation sites (tertiary alicyclic amines) is 1. The van der Waals surface area contributed by atoms with Gasteiger partial charge in [-0.05, 0) is 50.8 Å². The highest BCUT2D eigenvalue weighted by atomic mass is 35.5. The number of nitrogens with zero attached hydrogens (tertiary/aromatic N) is 4. The summed E-state index contributed by atoms with van der Waals surface area (Å²) in [6, 6.07) is 7.36. The largest absolute Gasteiger partial charge is 0.368 e. The van der Waals surface area contributed by atoms with E-state index in [1.165, 1.54) is 0 Å². The molecule has 0 spiro atoms. The van der Waals surface area contributed by atoms with E-state index in [2.05, 4.69) is 15.1 Å². The Bertz CT molecular complexity index is 1040. The van der Waals surface area contributed by atoms with E-state index >= 15 is 0 Å². The maximum absolute atomic E-state index is 13.3. The summed E-state index contributed by atoms with van der Waals surface area (Å²) in [5, 5.41) is 4.63. The van der Waals surface area contributed by atoms with Crippen LogP contribution >= 0.6 is 11.6 Å². The Morgan fingerprint density at radius 2 is 2.03 bits per heavy atom. The van der Waals surface area contributed by atoms with Crippen molar-refractivity contribution < 1.29 is 9.32 Å². The van der Waals surface area contributed by atoms with Crippen molar-refractivity contribution in [1.82, 2.24) is 20.0 Å². The highest BCUT2D eigenvalue weighted by molar-refractivity contribution is 6.30. The zero-order valence-electron chi connectivity index (χ0n) is 17.1. The molecule has 1 fully saturated rings. The van der Waals surface area contributed by atoms with E-state index in [0.29, 0.717) is 17.3 Å². The third-order valence-electron chi connectivity index (χ3n) is 5.64. The molecule has 0 unspecified atom stereocenters. The van der Waals surface area contributed by atoms with Crippen molar-refractivity contribution >= 4 is 23.5 Å². The average Bonchev–Trinajstić information content (AvgIpc) is 3.06. The van der Waals surface area contributed by atoms with Crippen LogP contribution in [0.2, 0.25) is 5.02 Å². The van der Waals surface area contributed by atoms with Crippen molar-refractivity contribution in [3.05, 3.63) is 58.2 Å². The topological polar surface area (TPSA) is 98.1 Å². The highest BCUT2D eigenvalue weighted by Crippen LogP contribution is 2.36. The number of anilines is 1. The number of halogens is 1. The van der Waals surface area contributed by atoms with Gasteiger partial charge in [0.25, 0.3) is 0 Å². The third kappa shape index (κ3) is 4.03. The van der Waals surface area contributed by atoms with Crippen LogP contribution in [0.15, 0.2) is 35.0 Å². The summed E-state index contributed by atoms with van der Waals surface area (Å²) in [5.41, 5.74) is 10.1. The van der Waals surface area contributed by atoms with Gasteiger partial charge in [0.15, 0.2) is 0 Å². The van der Waals surface area contributed by atoms with Gasteiger partial charge in [-0.1, -0.05) is 28.9 Å². The molecule has 1 aromatic carbocycles. The van der Waals surface area contributed by atoms with Crippen molar-refractivity contribution in [1.29, 1.82) is 0 Å². The van der Waals surface area contributed by atoms with Crippen LogP contribution in [0.5, 0.6) is 0 Å². The lowest BCUT2D eigenvalue weighted by Crippen LogP contribution is -2.40. The number of hydrogen-bond acceptors (Lipinski definition) is 6. The first-order valence-corrected chi connectivity index (χ1v) is 10.4. The summed E-state index contributed by atoms with van der Waals surface area (Å²) < 4.78 is 5.23. The van der Waals surface area contributed by atoms with Crippen LogP contribution < -0.4 is 5.73 Å². The molecule has 1 amide bonds. The number of benzene rings is 1. The van der Waals surface area contributed by atoms with Crippen LogP contribution in [-0.4, -0.2) is 32.5 Å². The Balaban J connectivity index is 1.70. The van der Waals surface area contributed by atoms with Crippen LogP contribution in [0.4, 0.5) is 5.95 Å². The van der Waals surface area contributed by atoms with Crippen molar-refractivity contribution in [2.24, 2.45) is 0 Å². The van der Waals surface area contributed by atoms with Crippen LogP contribution in [0.25, 0.3) is 11.1 Å². The van der Waals surface area contributed by atoms with E-state index in [1.54, 1.807) is 6.20 Å². The van der Waals surface area contributed by atoms with Gasteiger partial charge in [0, 0.05) is 28.9 Å². The van der Waals surface area contributed by atoms with Gasteiger partial charge in [0.2, 0.25) is 11.9 Å². The number of carbonyl (C=O) groups is 1. The Morgan fingerprint density at radius 3 is 2.73 bits per heavy atom. The molecule has 2 aromatic heterocycles. The molecule has 1 aliphatic heterocycles. The van der Waals surface area contributed by atoms with Gasteiger partial charge in [-0.15, -0.1) is 0 Å². The number of nitrogen functional groups attached to an aromatic ring is 1. The van der Waals surface area contributed by atoms with E-state index in [9.17, 15) is 4.79 Å². The summed E-state index contributed by atoms with van der Waals surface area (Å²) in [5.74, 6) is 0.919. The summed E-state index contributed by atoms with van der Waals surface area (Å²) >= 11 is 6.05. The van der Waals surface area contributed by atoms with Gasteiger partial charge in [0.05, 0.1) is 23.9 Å². The Morgan fingerprint density at radius 1 is 1.27 bits per heavy atom. The number of aromatic nitrogens is 3. The minimum Gasteiger partial charge on any atom is -0.368 e. The van der Waals surface area contributed by atoms with E-state index in [-0.39, 0.29) is 24.3 Å². The van der Waals surface area contributed by atoms with Crippen LogP contribution in [0, 0.1) is 13.8 Å². The van der Waals surface area contributed by atoms with E-state index < -0.39 is 0 Å². The predicted octanol–water partition coefficient (Wildman–Crippen LogP) is 4.28. The zero-order chi connectivity index (χ0) is 21.3. The van der Waals surface area contributed by atoms with Crippen molar-refractivity contribution in [3.8, 4) is 11.1 Å². The minimum atomic E-state index is -0.164. The fraction of sp³-hybridized carbons (Fsp3) is 0.364. The average molecular weight is 426 g/mol. The van der Waals surface area contributed by atoms with Crippen molar-refractivity contribution in [2.45, 2.75) is 45.6 Å².